The van der Waals surface area contributed by atoms with Crippen molar-refractivity contribution in [3.63, 3.8) is 0 Å². The molecule has 0 bridgehead atoms. The maximum absolute atomic E-state index is 11.3. The number of ether oxygens (including phenoxy) is 1. The summed E-state index contributed by atoms with van der Waals surface area (Å²) in [6.07, 6.45) is -1.13. The lowest BCUT2D eigenvalue weighted by atomic mass is 10.1. The molecule has 1 aromatic carbocycles. The Bertz CT molecular complexity index is 362. The molecule has 1 heterocycles. The van der Waals surface area contributed by atoms with Crippen LogP contribution in [0.5, 0.6) is 5.75 Å². The van der Waals surface area contributed by atoms with Crippen LogP contribution in [0.1, 0.15) is 10.4 Å². The number of carbonyl (C=O) groups excluding carboxylic acids is 1. The largest absolute Gasteiger partial charge is 0.495 e. The van der Waals surface area contributed by atoms with Crippen LogP contribution in [0.25, 0.3) is 0 Å². The molecule has 0 aromatic heterocycles. The van der Waals surface area contributed by atoms with Crippen molar-refractivity contribution in [2.45, 2.75) is 6.23 Å². The van der Waals surface area contributed by atoms with Gasteiger partial charge in [0.15, 0.2) is 6.23 Å². The van der Waals surface area contributed by atoms with Crippen LogP contribution < -0.4 is 10.1 Å². The van der Waals surface area contributed by atoms with Crippen LogP contribution in [0.15, 0.2) is 18.2 Å². The molecule has 13 heavy (non-hydrogen) atoms. The summed E-state index contributed by atoms with van der Waals surface area (Å²) in [5.41, 5.74) is 1.05. The average Bonchev–Trinajstić information content (AvgIpc) is 2.43. The first-order chi connectivity index (χ1) is 6.24. The summed E-state index contributed by atoms with van der Waals surface area (Å²) < 4.78 is 5.03. The van der Waals surface area contributed by atoms with Gasteiger partial charge in [-0.15, -0.1) is 0 Å². The van der Waals surface area contributed by atoms with Crippen molar-refractivity contribution in [3.05, 3.63) is 23.8 Å². The third kappa shape index (κ3) is 1.07. The zero-order valence-electron chi connectivity index (χ0n) is 7.07. The molecule has 2 rings (SSSR count). The van der Waals surface area contributed by atoms with Crippen LogP contribution in [0.4, 0.5) is 5.69 Å². The van der Waals surface area contributed by atoms with Gasteiger partial charge in [0.25, 0.3) is 0 Å². The lowest BCUT2D eigenvalue weighted by molar-refractivity contribution is 0.0814. The minimum atomic E-state index is -1.13. The van der Waals surface area contributed by atoms with Crippen LogP contribution in [-0.4, -0.2) is 24.2 Å². The van der Waals surface area contributed by atoms with Crippen LogP contribution >= 0.6 is 0 Å². The summed E-state index contributed by atoms with van der Waals surface area (Å²) in [6, 6.07) is 5.11. The highest BCUT2D eigenvalue weighted by Crippen LogP contribution is 2.33. The Balaban J connectivity index is 2.55. The maximum atomic E-state index is 11.3. The molecule has 0 aliphatic carbocycles. The van der Waals surface area contributed by atoms with E-state index in [1.54, 1.807) is 18.2 Å². The number of aliphatic hydroxyl groups excluding tert-OH is 1. The summed E-state index contributed by atoms with van der Waals surface area (Å²) in [7, 11) is 1.52. The highest BCUT2D eigenvalue weighted by molar-refractivity contribution is 6.10. The first-order valence-corrected chi connectivity index (χ1v) is 3.90. The number of rotatable bonds is 1. The first kappa shape index (κ1) is 8.07. The highest BCUT2D eigenvalue weighted by Gasteiger charge is 2.30. The van der Waals surface area contributed by atoms with E-state index in [-0.39, 0.29) is 5.78 Å². The molecule has 0 spiro atoms. The molecule has 1 unspecified atom stereocenters. The highest BCUT2D eigenvalue weighted by atomic mass is 16.5. The molecule has 1 aromatic rings. The fourth-order valence-electron chi connectivity index (χ4n) is 1.41. The molecule has 0 fully saturated rings. The number of anilines is 1. The molecule has 0 saturated carbocycles. The molecular formula is C9H9NO3. The predicted molar refractivity (Wildman–Crippen MR) is 47.0 cm³/mol. The lowest BCUT2D eigenvalue weighted by Crippen LogP contribution is -2.20. The molecule has 4 nitrogen and oxygen atoms in total. The number of nitrogens with one attached hydrogen (secondary N) is 1. The van der Waals surface area contributed by atoms with Gasteiger partial charge >= 0.3 is 0 Å². The van der Waals surface area contributed by atoms with E-state index in [0.717, 1.165) is 0 Å². The topological polar surface area (TPSA) is 58.6 Å². The van der Waals surface area contributed by atoms with Gasteiger partial charge in [0.1, 0.15) is 5.75 Å². The molecule has 2 N–H and O–H groups in total. The number of Topliss-reactive ketones (excluding diaryl/α,β-unsaturated/α-hetero) is 1. The second kappa shape index (κ2) is 2.74. The molecule has 0 saturated heterocycles. The number of ketones is 1. The second-order valence-corrected chi connectivity index (χ2v) is 2.79. The Hall–Kier alpha value is -1.55. The summed E-state index contributed by atoms with van der Waals surface area (Å²) in [4.78, 5) is 11.3. The minimum absolute atomic E-state index is 0.311. The number of methoxy groups -OCH3 is 1. The number of carbonyl (C=O) groups is 1. The van der Waals surface area contributed by atoms with Gasteiger partial charge in [-0.2, -0.15) is 0 Å². The van der Waals surface area contributed by atoms with E-state index in [0.29, 0.717) is 17.0 Å². The molecule has 0 amide bonds. The number of hydrogen-bond acceptors (Lipinski definition) is 4. The maximum Gasteiger partial charge on any atom is 0.214 e. The Labute approximate surface area is 75.1 Å². The van der Waals surface area contributed by atoms with Crippen LogP contribution in [-0.2, 0) is 0 Å². The van der Waals surface area contributed by atoms with Gasteiger partial charge in [-0.05, 0) is 12.1 Å². The van der Waals surface area contributed by atoms with E-state index in [4.69, 9.17) is 4.74 Å². The van der Waals surface area contributed by atoms with Crippen molar-refractivity contribution in [3.8, 4) is 5.75 Å². The van der Waals surface area contributed by atoms with Crippen molar-refractivity contribution in [2.75, 3.05) is 12.4 Å². The van der Waals surface area contributed by atoms with E-state index >= 15 is 0 Å². The molecule has 4 heteroatoms. The molecule has 1 aliphatic rings. The van der Waals surface area contributed by atoms with Gasteiger partial charge in [0, 0.05) is 5.56 Å². The van der Waals surface area contributed by atoms with Crippen molar-refractivity contribution in [2.24, 2.45) is 0 Å². The first-order valence-electron chi connectivity index (χ1n) is 3.90. The Morgan fingerprint density at radius 3 is 3.00 bits per heavy atom. The number of benzene rings is 1. The Kier molecular flexibility index (Phi) is 1.70. The Morgan fingerprint density at radius 2 is 2.31 bits per heavy atom. The molecule has 1 atom stereocenters. The SMILES string of the molecule is COc1cccc2c1NC(O)C2=O. The smallest absolute Gasteiger partial charge is 0.214 e. The Morgan fingerprint density at radius 1 is 1.54 bits per heavy atom. The van der Waals surface area contributed by atoms with Crippen molar-refractivity contribution < 1.29 is 14.6 Å². The van der Waals surface area contributed by atoms with Gasteiger partial charge < -0.3 is 15.2 Å². The quantitative estimate of drug-likeness (QED) is 0.663. The monoisotopic (exact) mass is 179 g/mol. The van der Waals surface area contributed by atoms with Gasteiger partial charge in [-0.1, -0.05) is 6.07 Å². The second-order valence-electron chi connectivity index (χ2n) is 2.79. The van der Waals surface area contributed by atoms with E-state index in [1.165, 1.54) is 7.11 Å². The van der Waals surface area contributed by atoms with Crippen LogP contribution in [0.3, 0.4) is 0 Å². The summed E-state index contributed by atoms with van der Waals surface area (Å²) in [6.45, 7) is 0. The zero-order valence-corrected chi connectivity index (χ0v) is 7.07. The fraction of sp³-hybridized carbons (Fsp3) is 0.222. The minimum Gasteiger partial charge on any atom is -0.495 e. The summed E-state index contributed by atoms with van der Waals surface area (Å²) in [5.74, 6) is 0.260. The third-order valence-electron chi connectivity index (χ3n) is 2.04. The molecular weight excluding hydrogens is 170 g/mol. The summed E-state index contributed by atoms with van der Waals surface area (Å²) >= 11 is 0. The molecule has 0 radical (unpaired) electrons. The standard InChI is InChI=1S/C9H9NO3/c1-13-6-4-2-3-5-7(6)10-9(12)8(5)11/h2-4,9-10,12H,1H3. The number of fused-ring (bicyclic) bond motifs is 1. The number of hydrogen-bond donors (Lipinski definition) is 2. The summed E-state index contributed by atoms with van der Waals surface area (Å²) in [5, 5.41) is 11.9. The van der Waals surface area contributed by atoms with E-state index < -0.39 is 6.23 Å². The van der Waals surface area contributed by atoms with Crippen molar-refractivity contribution in [1.82, 2.24) is 0 Å². The zero-order chi connectivity index (χ0) is 9.42. The van der Waals surface area contributed by atoms with Gasteiger partial charge in [-0.3, -0.25) is 4.79 Å². The van der Waals surface area contributed by atoms with Crippen LogP contribution in [0.2, 0.25) is 0 Å². The molecule has 68 valence electrons. The van der Waals surface area contributed by atoms with E-state index in [2.05, 4.69) is 5.32 Å². The van der Waals surface area contributed by atoms with Gasteiger partial charge in [0.05, 0.1) is 12.8 Å². The fourth-order valence-corrected chi connectivity index (χ4v) is 1.41. The molecule has 1 aliphatic heterocycles. The average molecular weight is 179 g/mol. The third-order valence-corrected chi connectivity index (χ3v) is 2.04. The lowest BCUT2D eigenvalue weighted by Gasteiger charge is -2.05. The van der Waals surface area contributed by atoms with E-state index in [1.807, 2.05) is 0 Å². The predicted octanol–water partition coefficient (Wildman–Crippen LogP) is 0.622. The van der Waals surface area contributed by atoms with Crippen molar-refractivity contribution in [1.29, 1.82) is 0 Å². The van der Waals surface area contributed by atoms with E-state index in [9.17, 15) is 9.90 Å². The van der Waals surface area contributed by atoms with Crippen LogP contribution in [0, 0.1) is 0 Å². The number of aliphatic hydroxyl groups is 1. The van der Waals surface area contributed by atoms with Gasteiger partial charge in [-0.25, -0.2) is 0 Å². The number of para-hydroxylation sites is 1. The van der Waals surface area contributed by atoms with Crippen molar-refractivity contribution >= 4 is 11.5 Å². The normalized spacial score (nSPS) is 19.5. The van der Waals surface area contributed by atoms with Gasteiger partial charge in [0.2, 0.25) is 5.78 Å².